The molecule has 0 radical (unpaired) electrons. The number of amides is 1. The first-order valence-electron chi connectivity index (χ1n) is 6.23. The lowest BCUT2D eigenvalue weighted by Crippen LogP contribution is -2.48. The number of hydrogen-bond donors (Lipinski definition) is 1. The van der Waals surface area contributed by atoms with Crippen LogP contribution in [-0.2, 0) is 4.79 Å². The SMILES string of the molecule is CNCCC1C(=O)N(C)CCCN1C(C)C. The van der Waals surface area contributed by atoms with Crippen LogP contribution in [0.3, 0.4) is 0 Å². The van der Waals surface area contributed by atoms with Crippen LogP contribution in [-0.4, -0.2) is 61.5 Å². The second-order valence-electron chi connectivity index (χ2n) is 4.85. The van der Waals surface area contributed by atoms with Gasteiger partial charge in [0.25, 0.3) is 0 Å². The molecule has 1 N–H and O–H groups in total. The third-order valence-corrected chi connectivity index (χ3v) is 3.30. The van der Waals surface area contributed by atoms with Gasteiger partial charge in [0.1, 0.15) is 0 Å². The lowest BCUT2D eigenvalue weighted by molar-refractivity contribution is -0.134. The summed E-state index contributed by atoms with van der Waals surface area (Å²) in [6, 6.07) is 0.497. The highest BCUT2D eigenvalue weighted by molar-refractivity contribution is 5.82. The lowest BCUT2D eigenvalue weighted by atomic mass is 10.1. The molecule has 1 aliphatic heterocycles. The average molecular weight is 227 g/mol. The molecule has 1 atom stereocenters. The summed E-state index contributed by atoms with van der Waals surface area (Å²) in [6.07, 6.45) is 1.98. The zero-order valence-electron chi connectivity index (χ0n) is 11.0. The largest absolute Gasteiger partial charge is 0.344 e. The van der Waals surface area contributed by atoms with Gasteiger partial charge in [-0.05, 0) is 40.3 Å². The molecular formula is C12H25N3O. The van der Waals surface area contributed by atoms with E-state index < -0.39 is 0 Å². The van der Waals surface area contributed by atoms with E-state index in [0.29, 0.717) is 6.04 Å². The monoisotopic (exact) mass is 227 g/mol. The fourth-order valence-electron chi connectivity index (χ4n) is 2.34. The summed E-state index contributed by atoms with van der Waals surface area (Å²) in [6.45, 7) is 7.16. The summed E-state index contributed by atoms with van der Waals surface area (Å²) < 4.78 is 0. The Morgan fingerprint density at radius 3 is 2.69 bits per heavy atom. The fourth-order valence-corrected chi connectivity index (χ4v) is 2.34. The summed E-state index contributed by atoms with van der Waals surface area (Å²) in [7, 11) is 3.85. The molecular weight excluding hydrogens is 202 g/mol. The van der Waals surface area contributed by atoms with Crippen molar-refractivity contribution >= 4 is 5.91 Å². The summed E-state index contributed by atoms with van der Waals surface area (Å²) in [5.41, 5.74) is 0. The van der Waals surface area contributed by atoms with Gasteiger partial charge in [-0.25, -0.2) is 0 Å². The standard InChI is InChI=1S/C12H25N3O/c1-10(2)15-9-5-8-14(4)12(16)11(15)6-7-13-3/h10-11,13H,5-9H2,1-4H3. The first kappa shape index (κ1) is 13.5. The number of hydrogen-bond acceptors (Lipinski definition) is 3. The molecule has 1 fully saturated rings. The number of carbonyl (C=O) groups excluding carboxylic acids is 1. The molecule has 1 heterocycles. The van der Waals surface area contributed by atoms with Crippen molar-refractivity contribution in [2.45, 2.75) is 38.8 Å². The normalized spacial score (nSPS) is 23.9. The zero-order chi connectivity index (χ0) is 12.1. The molecule has 94 valence electrons. The maximum atomic E-state index is 12.2. The third-order valence-electron chi connectivity index (χ3n) is 3.30. The molecule has 4 heteroatoms. The van der Waals surface area contributed by atoms with Gasteiger partial charge >= 0.3 is 0 Å². The van der Waals surface area contributed by atoms with Crippen molar-refractivity contribution in [3.63, 3.8) is 0 Å². The molecule has 4 nitrogen and oxygen atoms in total. The maximum Gasteiger partial charge on any atom is 0.239 e. The third kappa shape index (κ3) is 3.19. The molecule has 1 saturated heterocycles. The van der Waals surface area contributed by atoms with Gasteiger partial charge < -0.3 is 10.2 Å². The maximum absolute atomic E-state index is 12.2. The van der Waals surface area contributed by atoms with Gasteiger partial charge in [0.15, 0.2) is 0 Å². The number of rotatable bonds is 4. The Kier molecular flexibility index (Phi) is 5.22. The van der Waals surface area contributed by atoms with E-state index in [4.69, 9.17) is 0 Å². The van der Waals surface area contributed by atoms with Crippen molar-refractivity contribution in [1.82, 2.24) is 15.1 Å². The van der Waals surface area contributed by atoms with Crippen LogP contribution >= 0.6 is 0 Å². The predicted octanol–water partition coefficient (Wildman–Crippen LogP) is 0.537. The van der Waals surface area contributed by atoms with Crippen LogP contribution in [0.25, 0.3) is 0 Å². The highest BCUT2D eigenvalue weighted by Crippen LogP contribution is 2.16. The molecule has 1 rings (SSSR count). The summed E-state index contributed by atoms with van der Waals surface area (Å²) in [4.78, 5) is 16.4. The predicted molar refractivity (Wildman–Crippen MR) is 66.4 cm³/mol. The Balaban J connectivity index is 2.75. The summed E-state index contributed by atoms with van der Waals surface area (Å²) in [5.74, 6) is 0.279. The van der Waals surface area contributed by atoms with Crippen LogP contribution in [0.15, 0.2) is 0 Å². The van der Waals surface area contributed by atoms with Crippen molar-refractivity contribution < 1.29 is 4.79 Å². The molecule has 0 saturated carbocycles. The Morgan fingerprint density at radius 1 is 1.44 bits per heavy atom. The molecule has 1 unspecified atom stereocenters. The average Bonchev–Trinajstić information content (AvgIpc) is 2.38. The Bertz CT molecular complexity index is 230. The van der Waals surface area contributed by atoms with Gasteiger partial charge in [-0.1, -0.05) is 0 Å². The Labute approximate surface area is 99.0 Å². The molecule has 0 aromatic heterocycles. The van der Waals surface area contributed by atoms with E-state index in [1.165, 1.54) is 0 Å². The van der Waals surface area contributed by atoms with Gasteiger partial charge in [0, 0.05) is 26.2 Å². The lowest BCUT2D eigenvalue weighted by Gasteiger charge is -2.32. The molecule has 0 aliphatic carbocycles. The highest BCUT2D eigenvalue weighted by Gasteiger charge is 2.31. The molecule has 0 bridgehead atoms. The first-order chi connectivity index (χ1) is 7.57. The van der Waals surface area contributed by atoms with E-state index in [1.54, 1.807) is 0 Å². The minimum absolute atomic E-state index is 0.0555. The summed E-state index contributed by atoms with van der Waals surface area (Å²) in [5, 5.41) is 3.13. The van der Waals surface area contributed by atoms with Crippen LogP contribution in [0.1, 0.15) is 26.7 Å². The van der Waals surface area contributed by atoms with Crippen LogP contribution in [0.2, 0.25) is 0 Å². The molecule has 0 spiro atoms. The summed E-state index contributed by atoms with van der Waals surface area (Å²) >= 11 is 0. The number of carbonyl (C=O) groups is 1. The number of nitrogens with zero attached hydrogens (tertiary/aromatic N) is 2. The van der Waals surface area contributed by atoms with Crippen molar-refractivity contribution in [3.05, 3.63) is 0 Å². The van der Waals surface area contributed by atoms with E-state index >= 15 is 0 Å². The number of nitrogens with one attached hydrogen (secondary N) is 1. The van der Waals surface area contributed by atoms with Gasteiger partial charge in [-0.15, -0.1) is 0 Å². The van der Waals surface area contributed by atoms with Crippen LogP contribution in [0.4, 0.5) is 0 Å². The second kappa shape index (κ2) is 6.21. The van der Waals surface area contributed by atoms with Crippen LogP contribution in [0, 0.1) is 0 Å². The van der Waals surface area contributed by atoms with E-state index in [1.807, 2.05) is 19.0 Å². The van der Waals surface area contributed by atoms with Gasteiger partial charge in [-0.2, -0.15) is 0 Å². The second-order valence-corrected chi connectivity index (χ2v) is 4.85. The molecule has 0 aromatic carbocycles. The molecule has 16 heavy (non-hydrogen) atoms. The Hall–Kier alpha value is -0.610. The number of likely N-dealkylation sites (N-methyl/N-ethyl adjacent to an activating group) is 1. The van der Waals surface area contributed by atoms with E-state index in [2.05, 4.69) is 24.1 Å². The fraction of sp³-hybridized carbons (Fsp3) is 0.917. The quantitative estimate of drug-likeness (QED) is 0.761. The van der Waals surface area contributed by atoms with Crippen molar-refractivity contribution in [2.75, 3.05) is 33.7 Å². The van der Waals surface area contributed by atoms with E-state index in [9.17, 15) is 4.79 Å². The smallest absolute Gasteiger partial charge is 0.239 e. The minimum Gasteiger partial charge on any atom is -0.344 e. The van der Waals surface area contributed by atoms with Gasteiger partial charge in [-0.3, -0.25) is 9.69 Å². The van der Waals surface area contributed by atoms with Crippen LogP contribution in [0.5, 0.6) is 0 Å². The van der Waals surface area contributed by atoms with Gasteiger partial charge in [0.2, 0.25) is 5.91 Å². The topological polar surface area (TPSA) is 35.6 Å². The van der Waals surface area contributed by atoms with Crippen molar-refractivity contribution in [1.29, 1.82) is 0 Å². The van der Waals surface area contributed by atoms with Crippen molar-refractivity contribution in [3.8, 4) is 0 Å². The molecule has 0 aromatic rings. The minimum atomic E-state index is 0.0555. The van der Waals surface area contributed by atoms with E-state index in [0.717, 1.165) is 32.5 Å². The molecule has 1 aliphatic rings. The van der Waals surface area contributed by atoms with E-state index in [-0.39, 0.29) is 11.9 Å². The van der Waals surface area contributed by atoms with Crippen molar-refractivity contribution in [2.24, 2.45) is 0 Å². The van der Waals surface area contributed by atoms with Crippen LogP contribution < -0.4 is 5.32 Å². The van der Waals surface area contributed by atoms with Gasteiger partial charge in [0.05, 0.1) is 6.04 Å². The highest BCUT2D eigenvalue weighted by atomic mass is 16.2. The first-order valence-corrected chi connectivity index (χ1v) is 6.23. The molecule has 1 amide bonds. The zero-order valence-corrected chi connectivity index (χ0v) is 11.0. The Morgan fingerprint density at radius 2 is 2.12 bits per heavy atom.